The van der Waals surface area contributed by atoms with E-state index >= 15 is 0 Å². The molecule has 4 heteroatoms. The fourth-order valence-corrected chi connectivity index (χ4v) is 5.12. The van der Waals surface area contributed by atoms with E-state index in [1.165, 1.54) is 27.9 Å². The SMILES string of the molecule is CCN(CC)c1ccc(/C=N\N2CCN(C3c4ccccc4-c4ccccc43)CC2)cc1. The second kappa shape index (κ2) is 9.17. The number of rotatable bonds is 6. The molecule has 3 aromatic carbocycles. The lowest BCUT2D eigenvalue weighted by Gasteiger charge is -2.37. The first kappa shape index (κ1) is 20.8. The molecule has 0 N–H and O–H groups in total. The molecule has 0 radical (unpaired) electrons. The summed E-state index contributed by atoms with van der Waals surface area (Å²) in [5.41, 5.74) is 8.10. The summed E-state index contributed by atoms with van der Waals surface area (Å²) in [4.78, 5) is 4.98. The Kier molecular flexibility index (Phi) is 5.95. The standard InChI is InChI=1S/C28H32N4/c1-3-30(4-2)23-15-13-22(14-16-23)21-29-32-19-17-31(18-20-32)28-26-11-7-5-9-24(26)25-10-6-8-12-27(25)28/h5-16,21,28H,3-4,17-20H2,1-2H3/b29-21-. The molecular formula is C28H32N4. The summed E-state index contributed by atoms with van der Waals surface area (Å²) < 4.78 is 0. The summed E-state index contributed by atoms with van der Waals surface area (Å²) in [7, 11) is 0. The monoisotopic (exact) mass is 424 g/mol. The molecule has 0 atom stereocenters. The van der Waals surface area contributed by atoms with Crippen molar-refractivity contribution >= 4 is 11.9 Å². The molecule has 0 spiro atoms. The van der Waals surface area contributed by atoms with Gasteiger partial charge in [-0.05, 0) is 53.8 Å². The zero-order valence-corrected chi connectivity index (χ0v) is 19.1. The van der Waals surface area contributed by atoms with Crippen LogP contribution in [0.5, 0.6) is 0 Å². The number of fused-ring (bicyclic) bond motifs is 3. The maximum Gasteiger partial charge on any atom is 0.0615 e. The number of hydrogen-bond donors (Lipinski definition) is 0. The topological polar surface area (TPSA) is 22.1 Å². The highest BCUT2D eigenvalue weighted by molar-refractivity contribution is 5.80. The van der Waals surface area contributed by atoms with Crippen molar-refractivity contribution in [2.75, 3.05) is 44.2 Å². The Morgan fingerprint density at radius 2 is 1.34 bits per heavy atom. The minimum absolute atomic E-state index is 0.362. The van der Waals surface area contributed by atoms with Crippen molar-refractivity contribution in [3.8, 4) is 11.1 Å². The first-order valence-electron chi connectivity index (χ1n) is 11.8. The zero-order valence-electron chi connectivity index (χ0n) is 19.1. The third kappa shape index (κ3) is 3.91. The highest BCUT2D eigenvalue weighted by Gasteiger charge is 2.33. The van der Waals surface area contributed by atoms with Crippen LogP contribution in [-0.2, 0) is 0 Å². The van der Waals surface area contributed by atoms with Gasteiger partial charge in [0.15, 0.2) is 0 Å². The van der Waals surface area contributed by atoms with Gasteiger partial charge in [-0.1, -0.05) is 60.7 Å². The fourth-order valence-electron chi connectivity index (χ4n) is 5.12. The summed E-state index contributed by atoms with van der Waals surface area (Å²) in [6.45, 7) is 10.4. The first-order chi connectivity index (χ1) is 15.8. The van der Waals surface area contributed by atoms with Crippen molar-refractivity contribution in [2.24, 2.45) is 5.10 Å². The molecule has 0 amide bonds. The Bertz CT molecular complexity index is 1030. The molecule has 0 bridgehead atoms. The lowest BCUT2D eigenvalue weighted by molar-refractivity contribution is 0.114. The molecule has 0 unspecified atom stereocenters. The average molecular weight is 425 g/mol. The molecule has 164 valence electrons. The Labute approximate surface area is 191 Å². The van der Waals surface area contributed by atoms with Gasteiger partial charge in [0.25, 0.3) is 0 Å². The summed E-state index contributed by atoms with van der Waals surface area (Å²) in [6, 6.07) is 26.9. The summed E-state index contributed by atoms with van der Waals surface area (Å²) in [5, 5.41) is 7.00. The van der Waals surface area contributed by atoms with Gasteiger partial charge in [0.05, 0.1) is 12.3 Å². The van der Waals surface area contributed by atoms with Crippen LogP contribution in [0.4, 0.5) is 5.69 Å². The van der Waals surface area contributed by atoms with Crippen molar-refractivity contribution in [1.29, 1.82) is 0 Å². The highest BCUT2D eigenvalue weighted by Crippen LogP contribution is 2.46. The summed E-state index contributed by atoms with van der Waals surface area (Å²) >= 11 is 0. The maximum atomic E-state index is 4.79. The first-order valence-corrected chi connectivity index (χ1v) is 11.8. The molecule has 5 rings (SSSR count). The lowest BCUT2D eigenvalue weighted by Crippen LogP contribution is -2.45. The van der Waals surface area contributed by atoms with Gasteiger partial charge in [-0.15, -0.1) is 0 Å². The van der Waals surface area contributed by atoms with E-state index in [0.29, 0.717) is 6.04 Å². The molecule has 2 aliphatic rings. The van der Waals surface area contributed by atoms with E-state index in [1.54, 1.807) is 0 Å². The van der Waals surface area contributed by atoms with Crippen LogP contribution < -0.4 is 4.90 Å². The molecule has 4 nitrogen and oxygen atoms in total. The van der Waals surface area contributed by atoms with Crippen LogP contribution in [0.1, 0.15) is 36.6 Å². The Balaban J connectivity index is 1.24. The summed E-state index contributed by atoms with van der Waals surface area (Å²) in [6.07, 6.45) is 2.00. The van der Waals surface area contributed by atoms with E-state index in [1.807, 2.05) is 6.21 Å². The van der Waals surface area contributed by atoms with Crippen LogP contribution in [0.3, 0.4) is 0 Å². The van der Waals surface area contributed by atoms with Gasteiger partial charge in [0, 0.05) is 45.0 Å². The number of anilines is 1. The van der Waals surface area contributed by atoms with Crippen LogP contribution in [0.25, 0.3) is 11.1 Å². The third-order valence-corrected chi connectivity index (χ3v) is 6.85. The molecular weight excluding hydrogens is 392 g/mol. The van der Waals surface area contributed by atoms with Crippen molar-refractivity contribution < 1.29 is 0 Å². The molecule has 0 aromatic heterocycles. The number of hydrogen-bond acceptors (Lipinski definition) is 4. The number of hydrazone groups is 1. The van der Waals surface area contributed by atoms with Crippen molar-refractivity contribution in [3.05, 3.63) is 89.5 Å². The Hall–Kier alpha value is -3.11. The Morgan fingerprint density at radius 3 is 1.91 bits per heavy atom. The lowest BCUT2D eigenvalue weighted by atomic mass is 10.0. The molecule has 0 saturated carbocycles. The highest BCUT2D eigenvalue weighted by atomic mass is 15.5. The smallest absolute Gasteiger partial charge is 0.0615 e. The van der Waals surface area contributed by atoms with Gasteiger partial charge in [0.2, 0.25) is 0 Å². The van der Waals surface area contributed by atoms with E-state index in [9.17, 15) is 0 Å². The predicted molar refractivity (Wildman–Crippen MR) is 134 cm³/mol. The minimum atomic E-state index is 0.362. The maximum absolute atomic E-state index is 4.79. The van der Waals surface area contributed by atoms with Gasteiger partial charge in [-0.2, -0.15) is 5.10 Å². The van der Waals surface area contributed by atoms with E-state index in [-0.39, 0.29) is 0 Å². The van der Waals surface area contributed by atoms with Gasteiger partial charge in [-0.3, -0.25) is 9.91 Å². The van der Waals surface area contributed by atoms with Crippen LogP contribution in [0, 0.1) is 0 Å². The van der Waals surface area contributed by atoms with Crippen LogP contribution in [-0.4, -0.2) is 55.4 Å². The van der Waals surface area contributed by atoms with Gasteiger partial charge in [-0.25, -0.2) is 0 Å². The van der Waals surface area contributed by atoms with Gasteiger partial charge < -0.3 is 4.90 Å². The van der Waals surface area contributed by atoms with Crippen LogP contribution in [0.2, 0.25) is 0 Å². The van der Waals surface area contributed by atoms with Gasteiger partial charge >= 0.3 is 0 Å². The summed E-state index contributed by atoms with van der Waals surface area (Å²) in [5.74, 6) is 0. The van der Waals surface area contributed by atoms with Crippen molar-refractivity contribution in [1.82, 2.24) is 9.91 Å². The predicted octanol–water partition coefficient (Wildman–Crippen LogP) is 5.25. The number of piperazine rings is 1. The van der Waals surface area contributed by atoms with Gasteiger partial charge in [0.1, 0.15) is 0 Å². The number of benzene rings is 3. The normalized spacial score (nSPS) is 16.4. The molecule has 1 heterocycles. The van der Waals surface area contributed by atoms with Crippen LogP contribution in [0.15, 0.2) is 77.9 Å². The molecule has 32 heavy (non-hydrogen) atoms. The molecule has 1 aliphatic heterocycles. The average Bonchev–Trinajstić information content (AvgIpc) is 3.19. The second-order valence-electron chi connectivity index (χ2n) is 8.58. The Morgan fingerprint density at radius 1 is 0.781 bits per heavy atom. The van der Waals surface area contributed by atoms with Crippen molar-refractivity contribution in [3.63, 3.8) is 0 Å². The van der Waals surface area contributed by atoms with Crippen molar-refractivity contribution in [2.45, 2.75) is 19.9 Å². The second-order valence-corrected chi connectivity index (χ2v) is 8.58. The quantitative estimate of drug-likeness (QED) is 0.504. The van der Waals surface area contributed by atoms with E-state index < -0.39 is 0 Å². The fraction of sp³-hybridized carbons (Fsp3) is 0.321. The van der Waals surface area contributed by atoms with E-state index in [0.717, 1.165) is 44.8 Å². The zero-order chi connectivity index (χ0) is 21.9. The largest absolute Gasteiger partial charge is 0.372 e. The van der Waals surface area contributed by atoms with E-state index in [4.69, 9.17) is 5.10 Å². The molecule has 3 aromatic rings. The molecule has 1 fully saturated rings. The van der Waals surface area contributed by atoms with E-state index in [2.05, 4.69) is 101 Å². The minimum Gasteiger partial charge on any atom is -0.372 e. The molecule has 1 aliphatic carbocycles. The van der Waals surface area contributed by atoms with Crippen LogP contribution >= 0.6 is 0 Å². The third-order valence-electron chi connectivity index (χ3n) is 6.85. The molecule has 1 saturated heterocycles. The number of nitrogens with zero attached hydrogens (tertiary/aromatic N) is 4.